The highest BCUT2D eigenvalue weighted by Gasteiger charge is 2.11. The first kappa shape index (κ1) is 15.1. The molecule has 2 aromatic rings. The lowest BCUT2D eigenvalue weighted by Gasteiger charge is -2.07. The van der Waals surface area contributed by atoms with Crippen LogP contribution in [-0.4, -0.2) is 25.2 Å². The molecule has 0 aromatic heterocycles. The van der Waals surface area contributed by atoms with Gasteiger partial charge in [-0.25, -0.2) is 13.2 Å². The maximum absolute atomic E-state index is 11.7. The number of benzene rings is 2. The van der Waals surface area contributed by atoms with E-state index in [2.05, 4.69) is 0 Å². The van der Waals surface area contributed by atoms with Gasteiger partial charge >= 0.3 is 5.97 Å². The van der Waals surface area contributed by atoms with Gasteiger partial charge in [0.2, 0.25) is 0 Å². The molecule has 6 heteroatoms. The predicted molar refractivity (Wildman–Crippen MR) is 77.6 cm³/mol. The molecule has 0 radical (unpaired) electrons. The molecule has 0 saturated heterocycles. The Bertz CT molecular complexity index is 731. The summed E-state index contributed by atoms with van der Waals surface area (Å²) in [6.07, 6.45) is 0. The third-order valence-electron chi connectivity index (χ3n) is 2.90. The second-order valence-corrected chi connectivity index (χ2v) is 6.58. The molecule has 2 aromatic carbocycles. The molecule has 0 bridgehead atoms. The molecule has 110 valence electrons. The SMILES string of the molecule is CCS(=O)(=O)c1ccc(Oc2ccc(C(=O)O)cc2)cc1. The fourth-order valence-corrected chi connectivity index (χ4v) is 2.57. The minimum atomic E-state index is -3.22. The molecular formula is C15H14O5S. The quantitative estimate of drug-likeness (QED) is 0.918. The molecule has 0 aliphatic rings. The van der Waals surface area contributed by atoms with Crippen LogP contribution in [0.4, 0.5) is 0 Å². The summed E-state index contributed by atoms with van der Waals surface area (Å²) >= 11 is 0. The van der Waals surface area contributed by atoms with Gasteiger partial charge in [0.25, 0.3) is 0 Å². The third kappa shape index (κ3) is 3.61. The van der Waals surface area contributed by atoms with Crippen LogP contribution in [-0.2, 0) is 9.84 Å². The number of rotatable bonds is 5. The Morgan fingerprint density at radius 2 is 1.48 bits per heavy atom. The van der Waals surface area contributed by atoms with Gasteiger partial charge < -0.3 is 9.84 Å². The van der Waals surface area contributed by atoms with Crippen LogP contribution < -0.4 is 4.74 Å². The van der Waals surface area contributed by atoms with Crippen molar-refractivity contribution in [3.8, 4) is 11.5 Å². The van der Waals surface area contributed by atoms with Gasteiger partial charge in [0.1, 0.15) is 11.5 Å². The van der Waals surface area contributed by atoms with Gasteiger partial charge in [-0.1, -0.05) is 6.92 Å². The van der Waals surface area contributed by atoms with Crippen molar-refractivity contribution < 1.29 is 23.1 Å². The van der Waals surface area contributed by atoms with E-state index >= 15 is 0 Å². The number of aromatic carboxylic acids is 1. The summed E-state index contributed by atoms with van der Waals surface area (Å²) in [5.41, 5.74) is 0.173. The van der Waals surface area contributed by atoms with E-state index < -0.39 is 15.8 Å². The normalized spacial score (nSPS) is 11.1. The van der Waals surface area contributed by atoms with Crippen molar-refractivity contribution in [3.05, 3.63) is 54.1 Å². The summed E-state index contributed by atoms with van der Waals surface area (Å²) in [7, 11) is -3.22. The summed E-state index contributed by atoms with van der Waals surface area (Å²) in [4.78, 5) is 11.0. The Morgan fingerprint density at radius 1 is 1.00 bits per heavy atom. The van der Waals surface area contributed by atoms with Gasteiger partial charge in [0, 0.05) is 0 Å². The van der Waals surface area contributed by atoms with Crippen LogP contribution >= 0.6 is 0 Å². The van der Waals surface area contributed by atoms with Gasteiger partial charge in [0.05, 0.1) is 16.2 Å². The van der Waals surface area contributed by atoms with Crippen molar-refractivity contribution in [1.29, 1.82) is 0 Å². The van der Waals surface area contributed by atoms with Crippen molar-refractivity contribution in [2.75, 3.05) is 5.75 Å². The lowest BCUT2D eigenvalue weighted by atomic mass is 10.2. The highest BCUT2D eigenvalue weighted by atomic mass is 32.2. The van der Waals surface area contributed by atoms with E-state index in [9.17, 15) is 13.2 Å². The predicted octanol–water partition coefficient (Wildman–Crippen LogP) is 2.97. The van der Waals surface area contributed by atoms with E-state index in [0.29, 0.717) is 11.5 Å². The molecule has 0 amide bonds. The fraction of sp³-hybridized carbons (Fsp3) is 0.133. The van der Waals surface area contributed by atoms with Crippen LogP contribution in [0.1, 0.15) is 17.3 Å². The largest absolute Gasteiger partial charge is 0.478 e. The number of ether oxygens (including phenoxy) is 1. The van der Waals surface area contributed by atoms with Crippen LogP contribution in [0.3, 0.4) is 0 Å². The number of hydrogen-bond acceptors (Lipinski definition) is 4. The van der Waals surface area contributed by atoms with E-state index in [0.717, 1.165) is 0 Å². The lowest BCUT2D eigenvalue weighted by molar-refractivity contribution is 0.0697. The molecule has 0 aliphatic carbocycles. The molecule has 0 aliphatic heterocycles. The summed E-state index contributed by atoms with van der Waals surface area (Å²) in [6.45, 7) is 1.59. The first-order valence-corrected chi connectivity index (χ1v) is 7.91. The zero-order chi connectivity index (χ0) is 15.5. The average Bonchev–Trinajstić information content (AvgIpc) is 2.48. The molecule has 0 unspecified atom stereocenters. The van der Waals surface area contributed by atoms with Gasteiger partial charge in [-0.15, -0.1) is 0 Å². The Kier molecular flexibility index (Phi) is 4.28. The molecule has 0 spiro atoms. The van der Waals surface area contributed by atoms with E-state index in [1.807, 2.05) is 0 Å². The van der Waals surface area contributed by atoms with Crippen molar-refractivity contribution in [2.45, 2.75) is 11.8 Å². The minimum Gasteiger partial charge on any atom is -0.478 e. The molecule has 0 atom stereocenters. The maximum atomic E-state index is 11.7. The van der Waals surface area contributed by atoms with Gasteiger partial charge in [-0.05, 0) is 48.5 Å². The Labute approximate surface area is 122 Å². The van der Waals surface area contributed by atoms with Crippen molar-refractivity contribution in [2.24, 2.45) is 0 Å². The van der Waals surface area contributed by atoms with E-state index in [-0.39, 0.29) is 16.2 Å². The van der Waals surface area contributed by atoms with Gasteiger partial charge in [-0.3, -0.25) is 0 Å². The molecule has 1 N–H and O–H groups in total. The Morgan fingerprint density at radius 3 is 1.90 bits per heavy atom. The number of hydrogen-bond donors (Lipinski definition) is 1. The summed E-state index contributed by atoms with van der Waals surface area (Å²) in [5, 5.41) is 8.80. The average molecular weight is 306 g/mol. The summed E-state index contributed by atoms with van der Waals surface area (Å²) < 4.78 is 28.9. The Balaban J connectivity index is 2.15. The van der Waals surface area contributed by atoms with Gasteiger partial charge in [-0.2, -0.15) is 0 Å². The number of carboxylic acid groups (broad SMARTS) is 1. The van der Waals surface area contributed by atoms with Crippen LogP contribution in [0.25, 0.3) is 0 Å². The highest BCUT2D eigenvalue weighted by Crippen LogP contribution is 2.23. The summed E-state index contributed by atoms with van der Waals surface area (Å²) in [6, 6.07) is 12.1. The van der Waals surface area contributed by atoms with Crippen molar-refractivity contribution >= 4 is 15.8 Å². The monoisotopic (exact) mass is 306 g/mol. The fourth-order valence-electron chi connectivity index (χ4n) is 1.68. The maximum Gasteiger partial charge on any atom is 0.335 e. The molecule has 0 heterocycles. The highest BCUT2D eigenvalue weighted by molar-refractivity contribution is 7.91. The minimum absolute atomic E-state index is 0.0455. The third-order valence-corrected chi connectivity index (χ3v) is 4.65. The van der Waals surface area contributed by atoms with Crippen LogP contribution in [0.15, 0.2) is 53.4 Å². The van der Waals surface area contributed by atoms with E-state index in [1.165, 1.54) is 24.3 Å². The standard InChI is InChI=1S/C15H14O5S/c1-2-21(18,19)14-9-7-13(8-10-14)20-12-5-3-11(4-6-12)15(16)17/h3-10H,2H2,1H3,(H,16,17). The summed E-state index contributed by atoms with van der Waals surface area (Å²) in [5.74, 6) is -0.000897. The molecule has 5 nitrogen and oxygen atoms in total. The van der Waals surface area contributed by atoms with Crippen molar-refractivity contribution in [1.82, 2.24) is 0 Å². The first-order valence-electron chi connectivity index (χ1n) is 6.26. The lowest BCUT2D eigenvalue weighted by Crippen LogP contribution is -2.03. The Hall–Kier alpha value is -2.34. The molecular weight excluding hydrogens is 292 g/mol. The smallest absolute Gasteiger partial charge is 0.335 e. The van der Waals surface area contributed by atoms with Crippen LogP contribution in [0.2, 0.25) is 0 Å². The van der Waals surface area contributed by atoms with E-state index in [4.69, 9.17) is 9.84 Å². The number of sulfone groups is 1. The van der Waals surface area contributed by atoms with Crippen molar-refractivity contribution in [3.63, 3.8) is 0 Å². The van der Waals surface area contributed by atoms with Gasteiger partial charge in [0.15, 0.2) is 9.84 Å². The number of carbonyl (C=O) groups is 1. The molecule has 0 saturated carbocycles. The second kappa shape index (κ2) is 5.97. The van der Waals surface area contributed by atoms with E-state index in [1.54, 1.807) is 31.2 Å². The van der Waals surface area contributed by atoms with Crippen LogP contribution in [0.5, 0.6) is 11.5 Å². The first-order chi connectivity index (χ1) is 9.92. The molecule has 21 heavy (non-hydrogen) atoms. The molecule has 0 fully saturated rings. The molecule has 2 rings (SSSR count). The topological polar surface area (TPSA) is 80.7 Å². The van der Waals surface area contributed by atoms with Crippen LogP contribution in [0, 0.1) is 0 Å². The zero-order valence-corrected chi connectivity index (χ0v) is 12.1. The number of carboxylic acids is 1. The second-order valence-electron chi connectivity index (χ2n) is 4.31. The zero-order valence-electron chi connectivity index (χ0n) is 11.3.